The summed E-state index contributed by atoms with van der Waals surface area (Å²) in [6, 6.07) is 11.9. The highest BCUT2D eigenvalue weighted by Crippen LogP contribution is 2.65. The van der Waals surface area contributed by atoms with Crippen LogP contribution in [-0.4, -0.2) is 89.9 Å². The van der Waals surface area contributed by atoms with Crippen LogP contribution in [0, 0.1) is 17.3 Å². The van der Waals surface area contributed by atoms with E-state index in [2.05, 4.69) is 26.1 Å². The molecule has 2 saturated heterocycles. The van der Waals surface area contributed by atoms with Crippen LogP contribution in [0.15, 0.2) is 42.5 Å². The Morgan fingerprint density at radius 1 is 0.864 bits per heavy atom. The average molecular weight is 819 g/mol. The lowest BCUT2D eigenvalue weighted by Gasteiger charge is -2.64. The Hall–Kier alpha value is -4.30. The molecule has 2 amide bonds. The van der Waals surface area contributed by atoms with Gasteiger partial charge in [0.2, 0.25) is 5.91 Å². The van der Waals surface area contributed by atoms with Gasteiger partial charge in [-0.3, -0.25) is 4.79 Å². The first-order valence-electron chi connectivity index (χ1n) is 20.9. The summed E-state index contributed by atoms with van der Waals surface area (Å²) in [7, 11) is -0.482. The fraction of sp³-hybridized carbons (Fsp3) is 0.644. The van der Waals surface area contributed by atoms with Gasteiger partial charge in [0.05, 0.1) is 24.8 Å². The number of nitrogens with zero attached hydrogens (tertiary/aromatic N) is 1. The third kappa shape index (κ3) is 10.4. The number of nitrogens with one attached hydrogen (secondary N) is 1. The number of rotatable bonds is 11. The number of amides is 2. The molecular formula is C45H63BN2O11. The standard InChI is InChI=1S/C45H63BN2O11/c1-41(2,3)55-38(50)35-32(53-30-25-48(26-30)37(49)31(22-27-16-14-13-15-17-27)47-39(51)56-42(4,5)6)19-18-28(36(35)54-40(52)57-43(7,8)9)20-21-46-58-34-24-29-23-33(44(29,10)11)45(34,12)59-46/h13-19,29-31,33-34H,20-26H2,1-12H3,(H,47,51)/t29-,31+,33-,34+,45-/m0/s1. The summed E-state index contributed by atoms with van der Waals surface area (Å²) in [6.07, 6.45) is 0.931. The lowest BCUT2D eigenvalue weighted by Crippen LogP contribution is -2.65. The Balaban J connectivity index is 1.23. The van der Waals surface area contributed by atoms with E-state index in [4.69, 9.17) is 33.0 Å². The van der Waals surface area contributed by atoms with Crippen LogP contribution in [0.1, 0.15) is 117 Å². The maximum atomic E-state index is 14.1. The zero-order chi connectivity index (χ0) is 43.3. The second-order valence-corrected chi connectivity index (χ2v) is 20.3. The van der Waals surface area contributed by atoms with Crippen LogP contribution in [0.25, 0.3) is 0 Å². The van der Waals surface area contributed by atoms with Gasteiger partial charge in [-0.25, -0.2) is 14.4 Å². The molecule has 0 unspecified atom stereocenters. The Morgan fingerprint density at radius 2 is 1.51 bits per heavy atom. The molecule has 0 radical (unpaired) electrons. The molecule has 3 aliphatic carbocycles. The first-order chi connectivity index (χ1) is 27.3. The topological polar surface area (TPSA) is 148 Å². The number of likely N-dealkylation sites (tertiary alicyclic amines) is 1. The number of carbonyl (C=O) groups excluding carboxylic acids is 4. The lowest BCUT2D eigenvalue weighted by atomic mass is 9.43. The minimum absolute atomic E-state index is 0.00509. The van der Waals surface area contributed by atoms with Gasteiger partial charge in [-0.05, 0) is 129 Å². The third-order valence-corrected chi connectivity index (χ3v) is 11.8. The van der Waals surface area contributed by atoms with E-state index in [1.54, 1.807) is 79.3 Å². The quantitative estimate of drug-likeness (QED) is 0.102. The summed E-state index contributed by atoms with van der Waals surface area (Å²) in [5, 5.41) is 2.75. The molecule has 59 heavy (non-hydrogen) atoms. The van der Waals surface area contributed by atoms with Gasteiger partial charge in [-0.15, -0.1) is 0 Å². The summed E-state index contributed by atoms with van der Waals surface area (Å²) in [5.74, 6) is 0.0449. The highest BCUT2D eigenvalue weighted by atomic mass is 16.7. The monoisotopic (exact) mass is 818 g/mol. The summed E-state index contributed by atoms with van der Waals surface area (Å²) in [5.41, 5.74) is -1.36. The van der Waals surface area contributed by atoms with Crippen molar-refractivity contribution in [2.75, 3.05) is 13.1 Å². The Kier molecular flexibility index (Phi) is 12.2. The summed E-state index contributed by atoms with van der Waals surface area (Å²) in [6.45, 7) is 22.8. The molecule has 3 saturated carbocycles. The lowest BCUT2D eigenvalue weighted by molar-refractivity contribution is -0.199. The van der Waals surface area contributed by atoms with Crippen molar-refractivity contribution in [3.63, 3.8) is 0 Å². The van der Waals surface area contributed by atoms with Gasteiger partial charge in [0.15, 0.2) is 5.75 Å². The van der Waals surface area contributed by atoms with Crippen LogP contribution < -0.4 is 14.8 Å². The number of esters is 1. The molecule has 5 atom stereocenters. The minimum Gasteiger partial charge on any atom is -0.486 e. The van der Waals surface area contributed by atoms with Crippen LogP contribution >= 0.6 is 0 Å². The molecule has 7 rings (SSSR count). The van der Waals surface area contributed by atoms with Crippen LogP contribution in [0.4, 0.5) is 9.59 Å². The van der Waals surface area contributed by atoms with Crippen LogP contribution in [0.3, 0.4) is 0 Å². The van der Waals surface area contributed by atoms with Crippen LogP contribution in [0.2, 0.25) is 6.32 Å². The third-order valence-electron chi connectivity index (χ3n) is 11.8. The van der Waals surface area contributed by atoms with Gasteiger partial charge in [0, 0.05) is 6.42 Å². The summed E-state index contributed by atoms with van der Waals surface area (Å²) >= 11 is 0. The number of aryl methyl sites for hydroxylation is 1. The van der Waals surface area contributed by atoms with Crippen molar-refractivity contribution in [1.29, 1.82) is 0 Å². The second-order valence-electron chi connectivity index (χ2n) is 20.3. The van der Waals surface area contributed by atoms with Crippen LogP contribution in [-0.2, 0) is 41.2 Å². The zero-order valence-electron chi connectivity index (χ0n) is 36.9. The van der Waals surface area contributed by atoms with Gasteiger partial charge >= 0.3 is 25.3 Å². The number of benzene rings is 2. The number of ether oxygens (including phenoxy) is 5. The molecule has 1 N–H and O–H groups in total. The number of carbonyl (C=O) groups is 4. The molecule has 322 valence electrons. The molecule has 0 aromatic heterocycles. The van der Waals surface area contributed by atoms with E-state index in [9.17, 15) is 19.2 Å². The fourth-order valence-corrected chi connectivity index (χ4v) is 8.84. The molecule has 14 heteroatoms. The molecule has 5 aliphatic rings. The van der Waals surface area contributed by atoms with Crippen molar-refractivity contribution in [3.8, 4) is 11.5 Å². The summed E-state index contributed by atoms with van der Waals surface area (Å²) in [4.78, 5) is 55.7. The van der Waals surface area contributed by atoms with Crippen molar-refractivity contribution in [2.24, 2.45) is 17.3 Å². The molecule has 13 nitrogen and oxygen atoms in total. The molecule has 2 bridgehead atoms. The predicted octanol–water partition coefficient (Wildman–Crippen LogP) is 7.95. The summed E-state index contributed by atoms with van der Waals surface area (Å²) < 4.78 is 42.4. The smallest absolute Gasteiger partial charge is 0.486 e. The highest BCUT2D eigenvalue weighted by molar-refractivity contribution is 6.45. The normalized spacial score (nSPS) is 24.2. The SMILES string of the molecule is CC(C)(C)OC(=O)N[C@H](Cc1ccccc1)C(=O)N1CC(Oc2ccc(CCB3O[C@@H]4C[C@@H]5C[C@@H](C5(C)C)[C@]4(C)O3)c(OC(=O)OC(C)(C)C)c2C(=O)OC(C)(C)C)C1. The average Bonchev–Trinajstić information content (AvgIpc) is 3.42. The van der Waals surface area contributed by atoms with E-state index in [1.807, 2.05) is 30.3 Å². The molecule has 2 aromatic rings. The van der Waals surface area contributed by atoms with Crippen molar-refractivity contribution in [3.05, 3.63) is 59.2 Å². The van der Waals surface area contributed by atoms with Crippen LogP contribution in [0.5, 0.6) is 11.5 Å². The van der Waals surface area contributed by atoms with E-state index in [1.165, 1.54) is 0 Å². The van der Waals surface area contributed by atoms with Crippen molar-refractivity contribution in [1.82, 2.24) is 10.2 Å². The molecule has 5 fully saturated rings. The molecule has 2 aromatic carbocycles. The Morgan fingerprint density at radius 3 is 2.12 bits per heavy atom. The van der Waals surface area contributed by atoms with Gasteiger partial charge in [0.1, 0.15) is 40.3 Å². The van der Waals surface area contributed by atoms with Crippen molar-refractivity contribution >= 4 is 31.2 Å². The first-order valence-corrected chi connectivity index (χ1v) is 20.9. The van der Waals surface area contributed by atoms with E-state index in [0.717, 1.165) is 18.4 Å². The molecule has 2 aliphatic heterocycles. The number of hydrogen-bond acceptors (Lipinski definition) is 11. The van der Waals surface area contributed by atoms with Crippen molar-refractivity contribution < 1.29 is 52.2 Å². The largest absolute Gasteiger partial charge is 0.514 e. The maximum Gasteiger partial charge on any atom is 0.514 e. The number of hydrogen-bond donors (Lipinski definition) is 1. The van der Waals surface area contributed by atoms with Gasteiger partial charge in [0.25, 0.3) is 0 Å². The first kappa shape index (κ1) is 44.3. The van der Waals surface area contributed by atoms with E-state index in [-0.39, 0.29) is 59.6 Å². The van der Waals surface area contributed by atoms with E-state index < -0.39 is 54.3 Å². The highest BCUT2D eigenvalue weighted by Gasteiger charge is 2.67. The van der Waals surface area contributed by atoms with Gasteiger partial charge in [-0.1, -0.05) is 50.2 Å². The minimum atomic E-state index is -0.989. The Labute approximate surface area is 349 Å². The van der Waals surface area contributed by atoms with Crippen molar-refractivity contribution in [2.45, 2.75) is 156 Å². The maximum absolute atomic E-state index is 14.1. The number of alkyl carbamates (subject to hydrolysis) is 1. The fourth-order valence-electron chi connectivity index (χ4n) is 8.84. The Bertz CT molecular complexity index is 1890. The second kappa shape index (κ2) is 16.3. The molecule has 2 heterocycles. The van der Waals surface area contributed by atoms with E-state index >= 15 is 0 Å². The van der Waals surface area contributed by atoms with E-state index in [0.29, 0.717) is 30.1 Å². The van der Waals surface area contributed by atoms with Gasteiger partial charge in [-0.2, -0.15) is 0 Å². The molecule has 0 spiro atoms. The van der Waals surface area contributed by atoms with Gasteiger partial charge < -0.3 is 43.2 Å². The molecular weight excluding hydrogens is 755 g/mol. The zero-order valence-corrected chi connectivity index (χ0v) is 36.9. The predicted molar refractivity (Wildman–Crippen MR) is 221 cm³/mol.